The quantitative estimate of drug-likeness (QED) is 0.350. The number of benzene rings is 1. The predicted octanol–water partition coefficient (Wildman–Crippen LogP) is 12.0. The van der Waals surface area contributed by atoms with Gasteiger partial charge < -0.3 is 4.90 Å². The molecule has 36 heavy (non-hydrogen) atoms. The van der Waals surface area contributed by atoms with E-state index in [2.05, 4.69) is 125 Å². The van der Waals surface area contributed by atoms with Gasteiger partial charge in [-0.05, 0) is 70.9 Å². The molecule has 0 saturated heterocycles. The van der Waals surface area contributed by atoms with Crippen molar-refractivity contribution in [3.05, 3.63) is 83.6 Å². The highest BCUT2D eigenvalue weighted by atomic mass is 15.1. The van der Waals surface area contributed by atoms with Crippen molar-refractivity contribution in [3.8, 4) is 0 Å². The average Bonchev–Trinajstić information content (AvgIpc) is 2.83. The Labute approximate surface area is 230 Å². The molecule has 0 saturated carbocycles. The lowest BCUT2D eigenvalue weighted by Crippen LogP contribution is -2.32. The van der Waals surface area contributed by atoms with Crippen LogP contribution in [0.4, 0.5) is 0 Å². The molecule has 1 nitrogen and oxygen atoms in total. The summed E-state index contributed by atoms with van der Waals surface area (Å²) in [6.07, 6.45) is 5.92. The molecule has 0 aliphatic carbocycles. The van der Waals surface area contributed by atoms with E-state index in [9.17, 15) is 0 Å². The Balaban J connectivity index is -0.000000123. The molecule has 0 heterocycles. The second-order valence-corrected chi connectivity index (χ2v) is 9.49. The zero-order chi connectivity index (χ0) is 29.9. The molecule has 0 radical (unpaired) electrons. The van der Waals surface area contributed by atoms with Gasteiger partial charge >= 0.3 is 0 Å². The van der Waals surface area contributed by atoms with E-state index >= 15 is 0 Å². The molecule has 0 aliphatic rings. The van der Waals surface area contributed by atoms with E-state index < -0.39 is 0 Å². The summed E-state index contributed by atoms with van der Waals surface area (Å²) in [4.78, 5) is 2.34. The van der Waals surface area contributed by atoms with Gasteiger partial charge in [0.15, 0.2) is 0 Å². The fourth-order valence-electron chi connectivity index (χ4n) is 2.51. The minimum Gasteiger partial charge on any atom is -0.376 e. The molecule has 1 aromatic rings. The third-order valence-corrected chi connectivity index (χ3v) is 5.22. The number of rotatable bonds is 6. The van der Waals surface area contributed by atoms with Crippen LogP contribution in [0.5, 0.6) is 0 Å². The number of allylic oxidation sites excluding steroid dienone is 6. The number of hydrogen-bond donors (Lipinski definition) is 0. The van der Waals surface area contributed by atoms with Crippen molar-refractivity contribution in [2.24, 2.45) is 11.3 Å². The summed E-state index contributed by atoms with van der Waals surface area (Å²) >= 11 is 0. The Morgan fingerprint density at radius 1 is 0.889 bits per heavy atom. The molecule has 0 N–H and O–H groups in total. The molecule has 0 amide bonds. The van der Waals surface area contributed by atoms with Crippen LogP contribution in [0.1, 0.15) is 115 Å². The van der Waals surface area contributed by atoms with Gasteiger partial charge in [-0.2, -0.15) is 0 Å². The highest BCUT2D eigenvalue weighted by molar-refractivity contribution is 5.23. The van der Waals surface area contributed by atoms with Crippen LogP contribution in [-0.2, 0) is 0 Å². The van der Waals surface area contributed by atoms with E-state index in [4.69, 9.17) is 0 Å². The predicted molar refractivity (Wildman–Crippen MR) is 174 cm³/mol. The van der Waals surface area contributed by atoms with Crippen LogP contribution in [0.25, 0.3) is 0 Å². The molecule has 212 valence electrons. The first-order chi connectivity index (χ1) is 16.8. The van der Waals surface area contributed by atoms with Crippen LogP contribution >= 0.6 is 0 Å². The zero-order valence-electron chi connectivity index (χ0n) is 27.9. The van der Waals surface area contributed by atoms with Crippen molar-refractivity contribution >= 4 is 0 Å². The Kier molecular flexibility index (Phi) is 35.7. The van der Waals surface area contributed by atoms with Gasteiger partial charge in [0.1, 0.15) is 0 Å². The van der Waals surface area contributed by atoms with E-state index in [1.165, 1.54) is 28.0 Å². The van der Waals surface area contributed by atoms with Crippen LogP contribution in [0.2, 0.25) is 0 Å². The summed E-state index contributed by atoms with van der Waals surface area (Å²) in [6.45, 7) is 45.7. The van der Waals surface area contributed by atoms with Crippen molar-refractivity contribution in [2.75, 3.05) is 13.1 Å². The van der Waals surface area contributed by atoms with E-state index in [1.54, 1.807) is 6.08 Å². The minimum absolute atomic E-state index is 0.392. The van der Waals surface area contributed by atoms with Crippen LogP contribution in [0.15, 0.2) is 72.5 Å². The van der Waals surface area contributed by atoms with Crippen LogP contribution < -0.4 is 0 Å². The van der Waals surface area contributed by atoms with Crippen LogP contribution in [-0.4, -0.2) is 18.0 Å². The minimum atomic E-state index is 0.392. The lowest BCUT2D eigenvalue weighted by molar-refractivity contribution is 0.192. The van der Waals surface area contributed by atoms with Gasteiger partial charge in [0.2, 0.25) is 0 Å². The van der Waals surface area contributed by atoms with Gasteiger partial charge in [0.25, 0.3) is 0 Å². The SMILES string of the molecule is C=C(C)N(CC)C[C@@H](C)C(C)(C)C.C=C/C=C(/C)C=C(C)C.CC.CC.CC.Cc1ccccc1C. The number of hydrogen-bond acceptors (Lipinski definition) is 1. The molecule has 0 bridgehead atoms. The molecular weight excluding hydrogens is 434 g/mol. The Morgan fingerprint density at radius 2 is 1.28 bits per heavy atom. The normalized spacial score (nSPS) is 10.3. The lowest BCUT2D eigenvalue weighted by Gasteiger charge is -2.33. The molecular formula is C35H67N. The largest absolute Gasteiger partial charge is 0.376 e. The van der Waals surface area contributed by atoms with Gasteiger partial charge in [0, 0.05) is 18.8 Å². The third kappa shape index (κ3) is 30.0. The summed E-state index contributed by atoms with van der Waals surface area (Å²) in [5, 5.41) is 0. The van der Waals surface area contributed by atoms with E-state index in [-0.39, 0.29) is 0 Å². The molecule has 0 aromatic heterocycles. The van der Waals surface area contributed by atoms with Gasteiger partial charge in [-0.3, -0.25) is 0 Å². The Hall–Kier alpha value is -2.02. The summed E-state index contributed by atoms with van der Waals surface area (Å²) in [6, 6.07) is 8.36. The summed E-state index contributed by atoms with van der Waals surface area (Å²) in [5.74, 6) is 0.698. The van der Waals surface area contributed by atoms with Gasteiger partial charge in [-0.1, -0.05) is 136 Å². The summed E-state index contributed by atoms with van der Waals surface area (Å²) < 4.78 is 0. The smallest absolute Gasteiger partial charge is 0.0205 e. The maximum atomic E-state index is 3.99. The molecule has 1 rings (SSSR count). The standard InChI is InChI=1S/C12H25N.C9H14.C8H10.3C2H6/c1-8-13(10(2)3)9-11(4)12(5,6)7;1-5-6-9(4)7-8(2)3;1-7-5-3-4-6-8(7)2;3*1-2/h11H,2,8-9H2,1,3-7H3;5-7H,1H2,2-4H3;3-6H,1-2H3;3*1-2H3/b;9-6-;;;;/t11-;;;;;/m1...../s1. The average molecular weight is 502 g/mol. The van der Waals surface area contributed by atoms with Gasteiger partial charge in [0.05, 0.1) is 0 Å². The fraction of sp³-hybridized carbons (Fsp3) is 0.600. The second kappa shape index (κ2) is 29.2. The number of nitrogens with zero attached hydrogens (tertiary/aromatic N) is 1. The Morgan fingerprint density at radius 3 is 1.50 bits per heavy atom. The van der Waals surface area contributed by atoms with Crippen molar-refractivity contribution < 1.29 is 0 Å². The topological polar surface area (TPSA) is 3.24 Å². The summed E-state index contributed by atoms with van der Waals surface area (Å²) in [5.41, 5.74) is 6.89. The van der Waals surface area contributed by atoms with Gasteiger partial charge in [-0.25, -0.2) is 0 Å². The second-order valence-electron chi connectivity index (χ2n) is 9.49. The first-order valence-electron chi connectivity index (χ1n) is 14.1. The van der Waals surface area contributed by atoms with Crippen LogP contribution in [0.3, 0.4) is 0 Å². The molecule has 0 aliphatic heterocycles. The lowest BCUT2D eigenvalue weighted by atomic mass is 9.82. The van der Waals surface area contributed by atoms with Crippen LogP contribution in [0, 0.1) is 25.2 Å². The molecule has 0 fully saturated rings. The van der Waals surface area contributed by atoms with Crippen molar-refractivity contribution in [3.63, 3.8) is 0 Å². The maximum absolute atomic E-state index is 3.99. The van der Waals surface area contributed by atoms with E-state index in [1.807, 2.05) is 47.6 Å². The molecule has 1 aromatic carbocycles. The van der Waals surface area contributed by atoms with Crippen molar-refractivity contribution in [1.29, 1.82) is 0 Å². The zero-order valence-corrected chi connectivity index (χ0v) is 27.9. The Bertz CT molecular complexity index is 658. The molecule has 0 unspecified atom stereocenters. The van der Waals surface area contributed by atoms with E-state index in [0.29, 0.717) is 11.3 Å². The maximum Gasteiger partial charge on any atom is 0.0205 e. The van der Waals surface area contributed by atoms with Crippen molar-refractivity contribution in [1.82, 2.24) is 4.90 Å². The highest BCUT2D eigenvalue weighted by Gasteiger charge is 2.21. The number of aryl methyl sites for hydroxylation is 2. The molecule has 1 heteroatoms. The summed E-state index contributed by atoms with van der Waals surface area (Å²) in [7, 11) is 0. The fourth-order valence-corrected chi connectivity index (χ4v) is 2.51. The van der Waals surface area contributed by atoms with Gasteiger partial charge in [-0.15, -0.1) is 0 Å². The van der Waals surface area contributed by atoms with E-state index in [0.717, 1.165) is 13.1 Å². The molecule has 1 atom stereocenters. The first kappa shape index (κ1) is 44.0. The third-order valence-electron chi connectivity index (χ3n) is 5.22. The highest BCUT2D eigenvalue weighted by Crippen LogP contribution is 2.26. The van der Waals surface area contributed by atoms with Crippen molar-refractivity contribution in [2.45, 2.75) is 118 Å². The molecule has 0 spiro atoms. The first-order valence-corrected chi connectivity index (χ1v) is 14.1. The monoisotopic (exact) mass is 502 g/mol.